The predicted molar refractivity (Wildman–Crippen MR) is 107 cm³/mol. The Balaban J connectivity index is 1.91. The number of nitrogens with one attached hydrogen (secondary N) is 1. The Labute approximate surface area is 172 Å². The zero-order valence-corrected chi connectivity index (χ0v) is 17.0. The summed E-state index contributed by atoms with van der Waals surface area (Å²) in [6.07, 6.45) is 2.53. The van der Waals surface area contributed by atoms with Gasteiger partial charge < -0.3 is 10.5 Å². The van der Waals surface area contributed by atoms with Crippen LogP contribution >= 0.6 is 0 Å². The summed E-state index contributed by atoms with van der Waals surface area (Å²) < 4.78 is 33.8. The number of anilines is 1. The van der Waals surface area contributed by atoms with Gasteiger partial charge in [0.2, 0.25) is 10.0 Å². The normalized spacial score (nSPS) is 17.0. The fraction of sp³-hybridized carbons (Fsp3) is 0.316. The van der Waals surface area contributed by atoms with Crippen LogP contribution in [0.15, 0.2) is 34.0 Å². The summed E-state index contributed by atoms with van der Waals surface area (Å²) in [5.74, 6) is -1.52. The number of piperidine rings is 1. The minimum Gasteiger partial charge on any atom is -0.495 e. The van der Waals surface area contributed by atoms with Gasteiger partial charge >= 0.3 is 0 Å². The summed E-state index contributed by atoms with van der Waals surface area (Å²) in [6.45, 7) is 0.847. The van der Waals surface area contributed by atoms with Crippen molar-refractivity contribution in [1.82, 2.24) is 14.2 Å². The third-order valence-corrected chi connectivity index (χ3v) is 7.19. The average Bonchev–Trinajstić information content (AvgIpc) is 3.01. The molecule has 3 N–H and O–H groups in total. The highest BCUT2D eigenvalue weighted by molar-refractivity contribution is 7.89. The van der Waals surface area contributed by atoms with Crippen LogP contribution in [-0.4, -0.2) is 49.3 Å². The maximum Gasteiger partial charge on any atom is 0.262 e. The molecule has 0 spiro atoms. The van der Waals surface area contributed by atoms with Crippen molar-refractivity contribution in [2.45, 2.75) is 24.2 Å². The summed E-state index contributed by atoms with van der Waals surface area (Å²) >= 11 is 0. The molecule has 0 unspecified atom stereocenters. The molecule has 1 saturated heterocycles. The predicted octanol–water partition coefficient (Wildman–Crippen LogP) is 0.487. The molecular formula is C19H20N4O6S. The lowest BCUT2D eigenvalue weighted by Gasteiger charge is -2.26. The quantitative estimate of drug-likeness (QED) is 0.670. The van der Waals surface area contributed by atoms with Crippen LogP contribution in [0.25, 0.3) is 5.69 Å². The van der Waals surface area contributed by atoms with Crippen LogP contribution in [-0.2, 0) is 10.0 Å². The first-order chi connectivity index (χ1) is 14.3. The Morgan fingerprint density at radius 3 is 2.40 bits per heavy atom. The molecule has 4 rings (SSSR count). The van der Waals surface area contributed by atoms with Crippen LogP contribution in [0.5, 0.6) is 5.75 Å². The molecule has 11 heteroatoms. The molecule has 158 valence electrons. The molecule has 2 aromatic rings. The standard InChI is InChI=1S/C19H20N4O6S/c1-29-14-6-5-11(30(27,28)22-7-3-2-4-8-22)9-13(14)23-15(24)10-12-16(17(23)20)19(26)21-18(12)25/h5-6,9-10H,2-4,7-8,20H2,1H3,(H,21,25,26). The molecule has 0 atom stereocenters. The molecular weight excluding hydrogens is 412 g/mol. The smallest absolute Gasteiger partial charge is 0.262 e. The lowest BCUT2D eigenvalue weighted by Crippen LogP contribution is -2.35. The number of nitrogen functional groups attached to an aromatic ring is 1. The van der Waals surface area contributed by atoms with Gasteiger partial charge in [-0.1, -0.05) is 6.42 Å². The number of hydrogen-bond donors (Lipinski definition) is 2. The van der Waals surface area contributed by atoms with Crippen molar-refractivity contribution in [1.29, 1.82) is 0 Å². The Kier molecular flexibility index (Phi) is 4.86. The van der Waals surface area contributed by atoms with Crippen molar-refractivity contribution in [2.24, 2.45) is 0 Å². The van der Waals surface area contributed by atoms with Crippen LogP contribution < -0.4 is 21.3 Å². The summed E-state index contributed by atoms with van der Waals surface area (Å²) in [5, 5.41) is 2.09. The van der Waals surface area contributed by atoms with Crippen LogP contribution in [0.1, 0.15) is 40.0 Å². The van der Waals surface area contributed by atoms with Crippen LogP contribution in [0, 0.1) is 0 Å². The monoisotopic (exact) mass is 432 g/mol. The third-order valence-electron chi connectivity index (χ3n) is 5.30. The van der Waals surface area contributed by atoms with Gasteiger partial charge in [-0.25, -0.2) is 8.42 Å². The highest BCUT2D eigenvalue weighted by Crippen LogP contribution is 2.31. The maximum atomic E-state index is 13.1. The van der Waals surface area contributed by atoms with Gasteiger partial charge in [0.15, 0.2) is 0 Å². The maximum absolute atomic E-state index is 13.1. The number of pyridine rings is 1. The summed E-state index contributed by atoms with van der Waals surface area (Å²) in [6, 6.07) is 5.12. The van der Waals surface area contributed by atoms with E-state index in [1.54, 1.807) is 0 Å². The molecule has 0 bridgehead atoms. The first kappa shape index (κ1) is 20.1. The summed E-state index contributed by atoms with van der Waals surface area (Å²) in [4.78, 5) is 36.7. The first-order valence-corrected chi connectivity index (χ1v) is 10.8. The van der Waals surface area contributed by atoms with Gasteiger partial charge in [-0.3, -0.25) is 24.3 Å². The number of rotatable bonds is 4. The zero-order chi connectivity index (χ0) is 21.6. The second kappa shape index (κ2) is 7.26. The van der Waals surface area contributed by atoms with Crippen LogP contribution in [0.2, 0.25) is 0 Å². The van der Waals surface area contributed by atoms with Gasteiger partial charge in [-0.2, -0.15) is 4.31 Å². The Morgan fingerprint density at radius 1 is 1.03 bits per heavy atom. The molecule has 1 aromatic heterocycles. The number of hydrogen-bond acceptors (Lipinski definition) is 7. The summed E-state index contributed by atoms with van der Waals surface area (Å²) in [5.41, 5.74) is 5.20. The molecule has 3 heterocycles. The number of carbonyl (C=O) groups is 2. The van der Waals surface area contributed by atoms with E-state index >= 15 is 0 Å². The van der Waals surface area contributed by atoms with Gasteiger partial charge in [0.1, 0.15) is 11.6 Å². The van der Waals surface area contributed by atoms with Gasteiger partial charge in [0, 0.05) is 19.2 Å². The van der Waals surface area contributed by atoms with E-state index in [0.717, 1.165) is 29.9 Å². The zero-order valence-electron chi connectivity index (χ0n) is 16.2. The van der Waals surface area contributed by atoms with Crippen molar-refractivity contribution in [3.8, 4) is 11.4 Å². The molecule has 1 fully saturated rings. The third kappa shape index (κ3) is 3.06. The molecule has 0 saturated carbocycles. The second-order valence-corrected chi connectivity index (χ2v) is 9.01. The van der Waals surface area contributed by atoms with E-state index in [1.807, 2.05) is 0 Å². The van der Waals surface area contributed by atoms with E-state index < -0.39 is 27.4 Å². The minimum absolute atomic E-state index is 0.0208. The number of nitrogens with two attached hydrogens (primary N) is 1. The van der Waals surface area contributed by atoms with E-state index in [2.05, 4.69) is 5.32 Å². The number of fused-ring (bicyclic) bond motifs is 1. The van der Waals surface area contributed by atoms with Gasteiger partial charge in [-0.15, -0.1) is 0 Å². The molecule has 2 aliphatic rings. The number of benzene rings is 1. The topological polar surface area (TPSA) is 141 Å². The molecule has 0 aliphatic carbocycles. The fourth-order valence-corrected chi connectivity index (χ4v) is 5.32. The number of methoxy groups -OCH3 is 1. The number of ether oxygens (including phenoxy) is 1. The van der Waals surface area contributed by atoms with Crippen molar-refractivity contribution >= 4 is 27.7 Å². The molecule has 0 radical (unpaired) electrons. The number of amides is 2. The molecule has 1 aromatic carbocycles. The molecule has 10 nitrogen and oxygen atoms in total. The number of carbonyl (C=O) groups excluding carboxylic acids is 2. The Bertz CT molecular complexity index is 1230. The molecule has 2 amide bonds. The minimum atomic E-state index is -3.79. The van der Waals surface area contributed by atoms with Gasteiger partial charge in [0.05, 0.1) is 28.8 Å². The van der Waals surface area contributed by atoms with Crippen molar-refractivity contribution in [2.75, 3.05) is 25.9 Å². The Morgan fingerprint density at radius 2 is 1.73 bits per heavy atom. The molecule has 2 aliphatic heterocycles. The number of sulfonamides is 1. The average molecular weight is 432 g/mol. The largest absolute Gasteiger partial charge is 0.495 e. The first-order valence-electron chi connectivity index (χ1n) is 9.35. The van der Waals surface area contributed by atoms with Crippen molar-refractivity contribution < 1.29 is 22.7 Å². The number of aromatic nitrogens is 1. The van der Waals surface area contributed by atoms with Gasteiger partial charge in [-0.05, 0) is 31.0 Å². The highest BCUT2D eigenvalue weighted by Gasteiger charge is 2.33. The second-order valence-electron chi connectivity index (χ2n) is 7.07. The number of imide groups is 1. The Hall–Kier alpha value is -3.18. The van der Waals surface area contributed by atoms with Crippen LogP contribution in [0.3, 0.4) is 0 Å². The lowest BCUT2D eigenvalue weighted by atomic mass is 10.1. The van der Waals surface area contributed by atoms with Crippen molar-refractivity contribution in [3.63, 3.8) is 0 Å². The van der Waals surface area contributed by atoms with Gasteiger partial charge in [0.25, 0.3) is 17.4 Å². The SMILES string of the molecule is COc1ccc(S(=O)(=O)N2CCCCC2)cc1-n1c(N)c2c(cc1=O)C(=O)NC2=O. The highest BCUT2D eigenvalue weighted by atomic mass is 32.2. The van der Waals surface area contributed by atoms with Crippen LogP contribution in [0.4, 0.5) is 5.82 Å². The van der Waals surface area contributed by atoms with E-state index in [-0.39, 0.29) is 33.3 Å². The van der Waals surface area contributed by atoms with E-state index in [0.29, 0.717) is 13.1 Å². The van der Waals surface area contributed by atoms with E-state index in [9.17, 15) is 22.8 Å². The van der Waals surface area contributed by atoms with E-state index in [1.165, 1.54) is 29.6 Å². The summed E-state index contributed by atoms with van der Waals surface area (Å²) in [7, 11) is -2.42. The van der Waals surface area contributed by atoms with Crippen molar-refractivity contribution in [3.05, 3.63) is 45.7 Å². The van der Waals surface area contributed by atoms with E-state index in [4.69, 9.17) is 10.5 Å². The molecule has 30 heavy (non-hydrogen) atoms. The fourth-order valence-electron chi connectivity index (χ4n) is 3.79. The lowest BCUT2D eigenvalue weighted by molar-refractivity contribution is 0.0880. The number of nitrogens with zero attached hydrogens (tertiary/aromatic N) is 2.